The van der Waals surface area contributed by atoms with Crippen LogP contribution in [0.15, 0.2) is 30.3 Å². The number of benzene rings is 1. The second-order valence-corrected chi connectivity index (χ2v) is 6.03. The van der Waals surface area contributed by atoms with Gasteiger partial charge in [-0.3, -0.25) is 4.79 Å². The summed E-state index contributed by atoms with van der Waals surface area (Å²) in [6, 6.07) is 10.2. The van der Waals surface area contributed by atoms with Crippen molar-refractivity contribution in [3.8, 4) is 0 Å². The van der Waals surface area contributed by atoms with E-state index in [1.165, 1.54) is 12.7 Å². The smallest absolute Gasteiger partial charge is 0.311 e. The van der Waals surface area contributed by atoms with E-state index in [2.05, 4.69) is 19.1 Å². The Bertz CT molecular complexity index is 459. The Hall–Kier alpha value is -1.39. The molecule has 0 radical (unpaired) electrons. The van der Waals surface area contributed by atoms with Crippen LogP contribution < -0.4 is 0 Å². The van der Waals surface area contributed by atoms with Crippen LogP contribution in [0.3, 0.4) is 0 Å². The molecule has 0 unspecified atom stereocenters. The molecule has 1 aliphatic heterocycles. The molecule has 4 nitrogen and oxygen atoms in total. The molecule has 0 bridgehead atoms. The van der Waals surface area contributed by atoms with Gasteiger partial charge < -0.3 is 14.2 Å². The van der Waals surface area contributed by atoms with Gasteiger partial charge in [-0.1, -0.05) is 30.3 Å². The zero-order valence-electron chi connectivity index (χ0n) is 13.7. The predicted octanol–water partition coefficient (Wildman–Crippen LogP) is 3.34. The number of rotatable bonds is 7. The topological polar surface area (TPSA) is 44.8 Å². The first-order valence-electron chi connectivity index (χ1n) is 7.99. The van der Waals surface area contributed by atoms with E-state index in [4.69, 9.17) is 14.2 Å². The first kappa shape index (κ1) is 17.0. The van der Waals surface area contributed by atoms with Gasteiger partial charge in [-0.05, 0) is 38.7 Å². The van der Waals surface area contributed by atoms with Crippen molar-refractivity contribution in [2.75, 3.05) is 7.11 Å². The van der Waals surface area contributed by atoms with E-state index in [0.717, 1.165) is 19.3 Å². The fourth-order valence-corrected chi connectivity index (χ4v) is 2.86. The third-order valence-electron chi connectivity index (χ3n) is 4.24. The first-order chi connectivity index (χ1) is 10.6. The highest BCUT2D eigenvalue weighted by Gasteiger charge is 2.34. The zero-order chi connectivity index (χ0) is 15.9. The number of methoxy groups -OCH3 is 1. The van der Waals surface area contributed by atoms with Crippen LogP contribution in [0.25, 0.3) is 0 Å². The van der Waals surface area contributed by atoms with Crippen LogP contribution >= 0.6 is 0 Å². The predicted molar refractivity (Wildman–Crippen MR) is 84.4 cm³/mol. The average Bonchev–Trinajstić information content (AvgIpc) is 3.00. The molecule has 0 aliphatic carbocycles. The molecule has 1 aromatic carbocycles. The molecule has 0 N–H and O–H groups in total. The number of hydrogen-bond acceptors (Lipinski definition) is 4. The lowest BCUT2D eigenvalue weighted by Crippen LogP contribution is -2.28. The summed E-state index contributed by atoms with van der Waals surface area (Å²) >= 11 is 0. The van der Waals surface area contributed by atoms with Crippen LogP contribution in [0.4, 0.5) is 0 Å². The van der Waals surface area contributed by atoms with Gasteiger partial charge in [0.15, 0.2) is 0 Å². The van der Waals surface area contributed by atoms with E-state index < -0.39 is 0 Å². The van der Waals surface area contributed by atoms with Crippen molar-refractivity contribution in [1.29, 1.82) is 0 Å². The van der Waals surface area contributed by atoms with E-state index in [-0.39, 0.29) is 30.2 Å². The molecular weight excluding hydrogens is 280 g/mol. The molecular formula is C18H26O4. The molecule has 122 valence electrons. The molecule has 0 amide bonds. The van der Waals surface area contributed by atoms with Crippen molar-refractivity contribution in [3.05, 3.63) is 35.9 Å². The molecule has 0 spiro atoms. The SMILES string of the molecule is COC(=O)[C@@H](C)[C@@H]1CC[C@H](C[C@@H](C)OCc2ccccc2)O1. The molecule has 1 saturated heterocycles. The molecule has 4 atom stereocenters. The summed E-state index contributed by atoms with van der Waals surface area (Å²) in [6.07, 6.45) is 3.02. The maximum absolute atomic E-state index is 11.6. The van der Waals surface area contributed by atoms with Crippen LogP contribution in [0.5, 0.6) is 0 Å². The fraction of sp³-hybridized carbons (Fsp3) is 0.611. The second-order valence-electron chi connectivity index (χ2n) is 6.03. The molecule has 1 aromatic rings. The van der Waals surface area contributed by atoms with Gasteiger partial charge in [-0.15, -0.1) is 0 Å². The van der Waals surface area contributed by atoms with E-state index in [1.54, 1.807) is 0 Å². The Morgan fingerprint density at radius 1 is 1.27 bits per heavy atom. The molecule has 2 rings (SSSR count). The quantitative estimate of drug-likeness (QED) is 0.725. The summed E-state index contributed by atoms with van der Waals surface area (Å²) in [6.45, 7) is 4.56. The maximum Gasteiger partial charge on any atom is 0.311 e. The van der Waals surface area contributed by atoms with Crippen LogP contribution in [-0.2, 0) is 25.6 Å². The maximum atomic E-state index is 11.6. The van der Waals surface area contributed by atoms with Crippen molar-refractivity contribution >= 4 is 5.97 Å². The third-order valence-corrected chi connectivity index (χ3v) is 4.24. The minimum Gasteiger partial charge on any atom is -0.469 e. The van der Waals surface area contributed by atoms with Gasteiger partial charge in [0.2, 0.25) is 0 Å². The van der Waals surface area contributed by atoms with Gasteiger partial charge >= 0.3 is 5.97 Å². The highest BCUT2D eigenvalue weighted by molar-refractivity contribution is 5.72. The normalized spacial score (nSPS) is 24.0. The second kappa shape index (κ2) is 8.30. The van der Waals surface area contributed by atoms with Gasteiger partial charge in [-0.2, -0.15) is 0 Å². The number of ether oxygens (including phenoxy) is 3. The monoisotopic (exact) mass is 306 g/mol. The lowest BCUT2D eigenvalue weighted by molar-refractivity contribution is -0.150. The first-order valence-corrected chi connectivity index (χ1v) is 7.99. The Morgan fingerprint density at radius 2 is 2.00 bits per heavy atom. The van der Waals surface area contributed by atoms with Crippen molar-refractivity contribution in [3.63, 3.8) is 0 Å². The minimum absolute atomic E-state index is 0.0289. The van der Waals surface area contributed by atoms with Crippen LogP contribution in [0.2, 0.25) is 0 Å². The van der Waals surface area contributed by atoms with Crippen molar-refractivity contribution < 1.29 is 19.0 Å². The highest BCUT2D eigenvalue weighted by Crippen LogP contribution is 2.29. The Kier molecular flexibility index (Phi) is 6.40. The highest BCUT2D eigenvalue weighted by atomic mass is 16.5. The number of esters is 1. The Balaban J connectivity index is 1.72. The largest absolute Gasteiger partial charge is 0.469 e. The lowest BCUT2D eigenvalue weighted by atomic mass is 10.0. The molecule has 0 saturated carbocycles. The fourth-order valence-electron chi connectivity index (χ4n) is 2.86. The number of carbonyl (C=O) groups is 1. The minimum atomic E-state index is -0.199. The molecule has 22 heavy (non-hydrogen) atoms. The van der Waals surface area contributed by atoms with Crippen LogP contribution in [0, 0.1) is 5.92 Å². The standard InChI is InChI=1S/C18H26O4/c1-13(21-12-15-7-5-4-6-8-15)11-16-9-10-17(22-16)14(2)18(19)20-3/h4-8,13-14,16-17H,9-12H2,1-3H3/t13-,14+,16-,17+/m1/s1. The summed E-state index contributed by atoms with van der Waals surface area (Å²) in [7, 11) is 1.42. The summed E-state index contributed by atoms with van der Waals surface area (Å²) in [5, 5.41) is 0. The van der Waals surface area contributed by atoms with E-state index in [1.807, 2.05) is 25.1 Å². The molecule has 1 fully saturated rings. The molecule has 4 heteroatoms. The van der Waals surface area contributed by atoms with Crippen LogP contribution in [-0.4, -0.2) is 31.4 Å². The van der Waals surface area contributed by atoms with Gasteiger partial charge in [0.1, 0.15) is 0 Å². The van der Waals surface area contributed by atoms with Gasteiger partial charge in [0, 0.05) is 0 Å². The summed E-state index contributed by atoms with van der Waals surface area (Å²) in [5.74, 6) is -0.394. The third kappa shape index (κ3) is 4.82. The molecule has 0 aromatic heterocycles. The average molecular weight is 306 g/mol. The summed E-state index contributed by atoms with van der Waals surface area (Å²) in [5.41, 5.74) is 1.18. The number of hydrogen-bond donors (Lipinski definition) is 0. The van der Waals surface area contributed by atoms with E-state index >= 15 is 0 Å². The van der Waals surface area contributed by atoms with E-state index in [0.29, 0.717) is 6.61 Å². The van der Waals surface area contributed by atoms with E-state index in [9.17, 15) is 4.79 Å². The van der Waals surface area contributed by atoms with Crippen molar-refractivity contribution in [2.24, 2.45) is 5.92 Å². The number of carbonyl (C=O) groups excluding carboxylic acids is 1. The van der Waals surface area contributed by atoms with Crippen molar-refractivity contribution in [2.45, 2.75) is 58.0 Å². The Morgan fingerprint density at radius 3 is 2.68 bits per heavy atom. The Labute approximate surface area is 132 Å². The summed E-state index contributed by atoms with van der Waals surface area (Å²) in [4.78, 5) is 11.6. The lowest BCUT2D eigenvalue weighted by Gasteiger charge is -2.20. The molecule has 1 heterocycles. The van der Waals surface area contributed by atoms with Gasteiger partial charge in [-0.25, -0.2) is 0 Å². The zero-order valence-corrected chi connectivity index (χ0v) is 13.7. The molecule has 1 aliphatic rings. The van der Waals surface area contributed by atoms with Gasteiger partial charge in [0.25, 0.3) is 0 Å². The van der Waals surface area contributed by atoms with Gasteiger partial charge in [0.05, 0.1) is 37.9 Å². The van der Waals surface area contributed by atoms with Crippen LogP contribution in [0.1, 0.15) is 38.7 Å². The van der Waals surface area contributed by atoms with Crippen molar-refractivity contribution in [1.82, 2.24) is 0 Å². The summed E-state index contributed by atoms with van der Waals surface area (Å²) < 4.78 is 16.7.